The van der Waals surface area contributed by atoms with Crippen molar-refractivity contribution in [3.8, 4) is 5.75 Å². The summed E-state index contributed by atoms with van der Waals surface area (Å²) in [4.78, 5) is 6.79. The number of benzene rings is 1. The van der Waals surface area contributed by atoms with E-state index in [1.807, 2.05) is 0 Å². The van der Waals surface area contributed by atoms with Crippen LogP contribution < -0.4 is 0 Å². The van der Waals surface area contributed by atoms with Crippen molar-refractivity contribution < 1.29 is 27.8 Å². The number of aliphatic hydroxyl groups is 1. The standard InChI is InChI=1S/C20H19BrF4N2O2/c1-18(2,13-7-11(22)3-4-16(13)28)10-19(29,20(23,24)25)8-14-17(21)12-5-6-26-9-15(12)27-14/h3-7,9,27-29H,8,10H2,1-2H3. The van der Waals surface area contributed by atoms with Crippen molar-refractivity contribution in [3.05, 3.63) is 58.2 Å². The molecule has 0 spiro atoms. The Morgan fingerprint density at radius 2 is 1.86 bits per heavy atom. The quantitative estimate of drug-likeness (QED) is 0.435. The predicted octanol–water partition coefficient (Wildman–Crippen LogP) is 5.37. The number of aromatic amines is 1. The highest BCUT2D eigenvalue weighted by Crippen LogP contribution is 2.45. The fourth-order valence-electron chi connectivity index (χ4n) is 3.62. The summed E-state index contributed by atoms with van der Waals surface area (Å²) in [5.41, 5.74) is -3.84. The SMILES string of the molecule is CC(C)(CC(O)(Cc1[nH]c2cnccc2c1Br)C(F)(F)F)c1cc(F)ccc1O. The van der Waals surface area contributed by atoms with Gasteiger partial charge in [-0.1, -0.05) is 13.8 Å². The van der Waals surface area contributed by atoms with Crippen molar-refractivity contribution in [2.45, 2.75) is 43.9 Å². The number of hydrogen-bond acceptors (Lipinski definition) is 3. The summed E-state index contributed by atoms with van der Waals surface area (Å²) in [7, 11) is 0. The molecule has 2 aromatic heterocycles. The highest BCUT2D eigenvalue weighted by Gasteiger charge is 2.56. The van der Waals surface area contributed by atoms with Gasteiger partial charge >= 0.3 is 6.18 Å². The lowest BCUT2D eigenvalue weighted by Crippen LogP contribution is -2.51. The number of fused-ring (bicyclic) bond motifs is 1. The molecule has 0 radical (unpaired) electrons. The summed E-state index contributed by atoms with van der Waals surface area (Å²) in [6.07, 6.45) is -3.53. The minimum atomic E-state index is -4.97. The van der Waals surface area contributed by atoms with Gasteiger partial charge in [-0.15, -0.1) is 0 Å². The molecule has 0 fully saturated rings. The second-order valence-electron chi connectivity index (χ2n) is 7.77. The molecule has 3 rings (SSSR count). The maximum atomic E-state index is 14.0. The Morgan fingerprint density at radius 3 is 2.48 bits per heavy atom. The molecule has 156 valence electrons. The molecular weight excluding hydrogens is 456 g/mol. The zero-order chi connectivity index (χ0) is 21.6. The van der Waals surface area contributed by atoms with Crippen LogP contribution in [0.15, 0.2) is 41.1 Å². The number of nitrogens with one attached hydrogen (secondary N) is 1. The van der Waals surface area contributed by atoms with Crippen molar-refractivity contribution in [2.24, 2.45) is 0 Å². The van der Waals surface area contributed by atoms with E-state index in [0.717, 1.165) is 18.2 Å². The van der Waals surface area contributed by atoms with Crippen LogP contribution in [0.1, 0.15) is 31.5 Å². The summed E-state index contributed by atoms with van der Waals surface area (Å²) in [6, 6.07) is 4.72. The molecule has 0 saturated carbocycles. The van der Waals surface area contributed by atoms with Crippen LogP contribution in [0.4, 0.5) is 17.6 Å². The van der Waals surface area contributed by atoms with E-state index in [9.17, 15) is 27.8 Å². The lowest BCUT2D eigenvalue weighted by atomic mass is 9.73. The van der Waals surface area contributed by atoms with Gasteiger partial charge in [0.25, 0.3) is 0 Å². The van der Waals surface area contributed by atoms with Crippen LogP contribution in [0, 0.1) is 5.82 Å². The Bertz CT molecular complexity index is 1050. The molecule has 1 aromatic carbocycles. The first kappa shape index (κ1) is 21.6. The molecule has 2 heterocycles. The Kier molecular flexibility index (Phi) is 5.42. The Labute approximate surface area is 172 Å². The molecule has 29 heavy (non-hydrogen) atoms. The molecule has 0 saturated heterocycles. The number of hydrogen-bond donors (Lipinski definition) is 3. The third-order valence-corrected chi connectivity index (χ3v) is 5.93. The average Bonchev–Trinajstić information content (AvgIpc) is 2.91. The molecule has 0 amide bonds. The van der Waals surface area contributed by atoms with Gasteiger partial charge in [0.15, 0.2) is 5.60 Å². The van der Waals surface area contributed by atoms with Crippen LogP contribution in [-0.4, -0.2) is 32.0 Å². The highest BCUT2D eigenvalue weighted by atomic mass is 79.9. The summed E-state index contributed by atoms with van der Waals surface area (Å²) < 4.78 is 56.0. The van der Waals surface area contributed by atoms with Crippen LogP contribution in [-0.2, 0) is 11.8 Å². The molecule has 3 aromatic rings. The van der Waals surface area contributed by atoms with Gasteiger partial charge < -0.3 is 15.2 Å². The highest BCUT2D eigenvalue weighted by molar-refractivity contribution is 9.10. The third-order valence-electron chi connectivity index (χ3n) is 5.03. The summed E-state index contributed by atoms with van der Waals surface area (Å²) >= 11 is 3.29. The number of aromatic nitrogens is 2. The minimum absolute atomic E-state index is 0.0138. The first-order valence-corrected chi connectivity index (χ1v) is 9.51. The van der Waals surface area contributed by atoms with Gasteiger partial charge in [-0.25, -0.2) is 4.39 Å². The summed E-state index contributed by atoms with van der Waals surface area (Å²) in [6.45, 7) is 2.84. The first-order chi connectivity index (χ1) is 13.3. The first-order valence-electron chi connectivity index (χ1n) is 8.72. The fourth-order valence-corrected chi connectivity index (χ4v) is 4.20. The van der Waals surface area contributed by atoms with E-state index in [2.05, 4.69) is 25.9 Å². The second-order valence-corrected chi connectivity index (χ2v) is 8.56. The lowest BCUT2D eigenvalue weighted by Gasteiger charge is -2.38. The minimum Gasteiger partial charge on any atom is -0.508 e. The van der Waals surface area contributed by atoms with Crippen molar-refractivity contribution in [2.75, 3.05) is 0 Å². The largest absolute Gasteiger partial charge is 0.508 e. The number of alkyl halides is 3. The third kappa shape index (κ3) is 4.11. The smallest absolute Gasteiger partial charge is 0.417 e. The molecule has 1 unspecified atom stereocenters. The maximum absolute atomic E-state index is 14.0. The van der Waals surface area contributed by atoms with Gasteiger partial charge in [0.1, 0.15) is 11.6 Å². The molecule has 0 aliphatic carbocycles. The van der Waals surface area contributed by atoms with Crippen molar-refractivity contribution in [1.82, 2.24) is 9.97 Å². The van der Waals surface area contributed by atoms with E-state index in [1.54, 1.807) is 6.07 Å². The van der Waals surface area contributed by atoms with Gasteiger partial charge in [-0.2, -0.15) is 13.2 Å². The Hall–Kier alpha value is -2.13. The normalized spacial score (nSPS) is 14.9. The molecule has 0 bridgehead atoms. The molecule has 1 atom stereocenters. The van der Waals surface area contributed by atoms with Crippen LogP contribution in [0.3, 0.4) is 0 Å². The van der Waals surface area contributed by atoms with Crippen molar-refractivity contribution in [1.29, 1.82) is 0 Å². The van der Waals surface area contributed by atoms with Crippen LogP contribution in [0.25, 0.3) is 10.9 Å². The number of phenols is 1. The monoisotopic (exact) mass is 474 g/mol. The number of H-pyrrole nitrogens is 1. The average molecular weight is 475 g/mol. The number of nitrogens with zero attached hydrogens (tertiary/aromatic N) is 1. The molecular formula is C20H19BrF4N2O2. The van der Waals surface area contributed by atoms with E-state index in [4.69, 9.17) is 0 Å². The van der Waals surface area contributed by atoms with Crippen molar-refractivity contribution >= 4 is 26.8 Å². The molecule has 0 aliphatic rings. The van der Waals surface area contributed by atoms with Gasteiger partial charge in [0.05, 0.1) is 11.7 Å². The zero-order valence-corrected chi connectivity index (χ0v) is 17.2. The van der Waals surface area contributed by atoms with Gasteiger partial charge in [0.2, 0.25) is 0 Å². The van der Waals surface area contributed by atoms with Crippen LogP contribution in [0.5, 0.6) is 5.75 Å². The number of halogens is 5. The lowest BCUT2D eigenvalue weighted by molar-refractivity contribution is -0.266. The molecule has 9 heteroatoms. The number of pyridine rings is 1. The summed E-state index contributed by atoms with van der Waals surface area (Å²) in [5.74, 6) is -1.02. The van der Waals surface area contributed by atoms with Gasteiger partial charge in [-0.05, 0) is 52.0 Å². The van der Waals surface area contributed by atoms with Gasteiger partial charge in [0, 0.05) is 33.7 Å². The molecule has 4 nitrogen and oxygen atoms in total. The molecule has 3 N–H and O–H groups in total. The van der Waals surface area contributed by atoms with E-state index >= 15 is 0 Å². The van der Waals surface area contributed by atoms with E-state index < -0.39 is 35.9 Å². The van der Waals surface area contributed by atoms with Crippen molar-refractivity contribution in [3.63, 3.8) is 0 Å². The van der Waals surface area contributed by atoms with E-state index in [-0.39, 0.29) is 17.0 Å². The Morgan fingerprint density at radius 1 is 1.17 bits per heavy atom. The number of phenolic OH excluding ortho intramolecular Hbond substituents is 1. The predicted molar refractivity (Wildman–Crippen MR) is 104 cm³/mol. The number of aromatic hydroxyl groups is 1. The molecule has 0 aliphatic heterocycles. The van der Waals surface area contributed by atoms with Crippen LogP contribution >= 0.6 is 15.9 Å². The maximum Gasteiger partial charge on any atom is 0.417 e. The van der Waals surface area contributed by atoms with Crippen LogP contribution in [0.2, 0.25) is 0 Å². The van der Waals surface area contributed by atoms with E-state index in [0.29, 0.717) is 15.4 Å². The van der Waals surface area contributed by atoms with Gasteiger partial charge in [-0.3, -0.25) is 4.98 Å². The zero-order valence-electron chi connectivity index (χ0n) is 15.6. The fraction of sp³-hybridized carbons (Fsp3) is 0.350. The van der Waals surface area contributed by atoms with E-state index in [1.165, 1.54) is 26.2 Å². The summed E-state index contributed by atoms with van der Waals surface area (Å²) in [5, 5.41) is 21.4. The Balaban J connectivity index is 2.02. The topological polar surface area (TPSA) is 69.1 Å². The second kappa shape index (κ2) is 7.28. The number of rotatable bonds is 5.